The summed E-state index contributed by atoms with van der Waals surface area (Å²) in [7, 11) is 0. The van der Waals surface area contributed by atoms with E-state index in [2.05, 4.69) is 135 Å². The van der Waals surface area contributed by atoms with Gasteiger partial charge in [0.2, 0.25) is 0 Å². The Labute approximate surface area is 314 Å². The molecular formula is C48H40N4O2. The predicted molar refractivity (Wildman–Crippen MR) is 221 cm³/mol. The zero-order valence-electron chi connectivity index (χ0n) is 30.6. The molecule has 6 heteroatoms. The fourth-order valence-electron chi connectivity index (χ4n) is 7.63. The Morgan fingerprint density at radius 2 is 0.648 bits per heavy atom. The van der Waals surface area contributed by atoms with Crippen molar-refractivity contribution in [2.75, 3.05) is 0 Å². The van der Waals surface area contributed by atoms with Crippen LogP contribution in [0.25, 0.3) is 78.7 Å². The van der Waals surface area contributed by atoms with Gasteiger partial charge in [-0.3, -0.25) is 4.98 Å². The minimum Gasteiger partial charge on any atom is -0.384 e. The third-order valence-corrected chi connectivity index (χ3v) is 10.6. The van der Waals surface area contributed by atoms with E-state index in [0.717, 1.165) is 89.1 Å². The van der Waals surface area contributed by atoms with Crippen LogP contribution in [0.5, 0.6) is 0 Å². The number of nitrogens with zero attached hydrogens (tertiary/aromatic N) is 2. The highest BCUT2D eigenvalue weighted by Gasteiger charge is 2.34. The molecule has 2 aliphatic heterocycles. The molecule has 0 amide bonds. The smallest absolute Gasteiger partial charge is 0.128 e. The first-order valence-corrected chi connectivity index (χ1v) is 18.3. The highest BCUT2D eigenvalue weighted by molar-refractivity contribution is 5.97. The molecule has 0 spiro atoms. The topological polar surface area (TPSA) is 97.8 Å². The predicted octanol–water partition coefficient (Wildman–Crippen LogP) is 11.2. The number of hydrogen-bond donors (Lipinski definition) is 4. The molecule has 0 aliphatic carbocycles. The normalized spacial score (nSPS) is 15.1. The van der Waals surface area contributed by atoms with Gasteiger partial charge >= 0.3 is 0 Å². The summed E-state index contributed by atoms with van der Waals surface area (Å²) in [5.74, 6) is 0. The van der Waals surface area contributed by atoms with Crippen LogP contribution in [0, 0.1) is 27.7 Å². The molecule has 0 fully saturated rings. The minimum absolute atomic E-state index is 0.399. The zero-order chi connectivity index (χ0) is 37.1. The Morgan fingerprint density at radius 1 is 0.370 bits per heavy atom. The van der Waals surface area contributed by atoms with E-state index in [0.29, 0.717) is 11.4 Å². The summed E-state index contributed by atoms with van der Waals surface area (Å²) < 4.78 is 0. The van der Waals surface area contributed by atoms with Gasteiger partial charge < -0.3 is 20.2 Å². The van der Waals surface area contributed by atoms with Crippen LogP contribution < -0.4 is 0 Å². The number of aliphatic hydroxyl groups excluding tert-OH is 2. The highest BCUT2D eigenvalue weighted by atomic mass is 16.3. The molecule has 6 nitrogen and oxygen atoms in total. The van der Waals surface area contributed by atoms with Crippen LogP contribution in [0.15, 0.2) is 121 Å². The second-order valence-electron chi connectivity index (χ2n) is 14.5. The van der Waals surface area contributed by atoms with Gasteiger partial charge in [0.05, 0.1) is 22.8 Å². The number of benzene rings is 4. The van der Waals surface area contributed by atoms with Gasteiger partial charge in [0.1, 0.15) is 12.2 Å². The van der Waals surface area contributed by atoms with Gasteiger partial charge in [-0.15, -0.1) is 0 Å². The number of nitrogens with one attached hydrogen (secondary N) is 2. The van der Waals surface area contributed by atoms with E-state index >= 15 is 0 Å². The standard InChI is InChI=1S/C48H40N4O2/c1-27-5-13-31(14-6-27)41-35-21-22-36(49-35)42(32-15-7-28(2)8-16-32)38-24-26-40(51-38)44(34-19-11-30(4)12-20-34)46-48(54)47(53)45(52-46)43(39-25-23-37(41)50-39)33-17-9-29(3)10-18-33/h5-26,47-48,50-51,53-54H,1-4H3/t47-,48+. The summed E-state index contributed by atoms with van der Waals surface area (Å²) in [6, 6.07) is 41.6. The summed E-state index contributed by atoms with van der Waals surface area (Å²) in [5, 5.41) is 24.0. The van der Waals surface area contributed by atoms with Crippen molar-refractivity contribution in [2.45, 2.75) is 39.9 Å². The first-order chi connectivity index (χ1) is 26.2. The number of hydrogen-bond acceptors (Lipinski definition) is 4. The van der Waals surface area contributed by atoms with E-state index in [1.807, 2.05) is 36.4 Å². The van der Waals surface area contributed by atoms with E-state index in [9.17, 15) is 10.2 Å². The third-order valence-electron chi connectivity index (χ3n) is 10.6. The lowest BCUT2D eigenvalue weighted by atomic mass is 9.97. The maximum absolute atomic E-state index is 12.0. The van der Waals surface area contributed by atoms with Crippen molar-refractivity contribution >= 4 is 34.2 Å². The molecule has 0 unspecified atom stereocenters. The fraction of sp³-hybridized carbons (Fsp3) is 0.125. The number of aromatic amines is 2. The molecule has 54 heavy (non-hydrogen) atoms. The molecule has 4 N–H and O–H groups in total. The second kappa shape index (κ2) is 13.3. The molecule has 4 aromatic carbocycles. The Balaban J connectivity index is 1.49. The van der Waals surface area contributed by atoms with E-state index in [1.54, 1.807) is 0 Å². The van der Waals surface area contributed by atoms with Crippen molar-refractivity contribution in [1.82, 2.24) is 19.9 Å². The van der Waals surface area contributed by atoms with Gasteiger partial charge in [0.25, 0.3) is 0 Å². The van der Waals surface area contributed by atoms with Crippen LogP contribution in [0.3, 0.4) is 0 Å². The van der Waals surface area contributed by atoms with E-state index in [4.69, 9.17) is 9.97 Å². The van der Waals surface area contributed by atoms with Crippen LogP contribution in [-0.2, 0) is 0 Å². The van der Waals surface area contributed by atoms with Gasteiger partial charge in [-0.2, -0.15) is 0 Å². The SMILES string of the molecule is Cc1ccc(-c2c3nc(c(-c4ccc(C)cc4)c4ccc([nH]4)c(-c4ccc(C)cc4)c4nc(c(-c5ccc(C)cc5)c5ccc2[nH]5)[C@@H](O)[C@H]4O)C=C3)cc1. The van der Waals surface area contributed by atoms with E-state index in [-0.39, 0.29) is 0 Å². The number of H-pyrrole nitrogens is 2. The van der Waals surface area contributed by atoms with Gasteiger partial charge in [0.15, 0.2) is 0 Å². The van der Waals surface area contributed by atoms with Crippen LogP contribution in [0.4, 0.5) is 0 Å². The van der Waals surface area contributed by atoms with Gasteiger partial charge in [-0.05, 0) is 86.4 Å². The molecule has 8 bridgehead atoms. The molecule has 2 aliphatic rings. The lowest BCUT2D eigenvalue weighted by Gasteiger charge is -2.13. The van der Waals surface area contributed by atoms with E-state index in [1.165, 1.54) is 11.1 Å². The summed E-state index contributed by atoms with van der Waals surface area (Å²) >= 11 is 0. The summed E-state index contributed by atoms with van der Waals surface area (Å²) in [6.45, 7) is 8.28. The maximum atomic E-state index is 12.0. The largest absolute Gasteiger partial charge is 0.384 e. The monoisotopic (exact) mass is 704 g/mol. The number of fused-ring (bicyclic) bond motifs is 8. The molecule has 0 radical (unpaired) electrons. The summed E-state index contributed by atoms with van der Waals surface area (Å²) in [4.78, 5) is 18.0. The summed E-state index contributed by atoms with van der Waals surface area (Å²) in [5.41, 5.74) is 17.5. The molecule has 0 saturated heterocycles. The molecule has 3 aromatic heterocycles. The van der Waals surface area contributed by atoms with Crippen molar-refractivity contribution in [3.05, 3.63) is 166 Å². The Hall–Kier alpha value is -6.34. The van der Waals surface area contributed by atoms with Crippen molar-refractivity contribution in [2.24, 2.45) is 0 Å². The van der Waals surface area contributed by atoms with Crippen molar-refractivity contribution in [3.63, 3.8) is 0 Å². The quantitative estimate of drug-likeness (QED) is 0.147. The lowest BCUT2D eigenvalue weighted by molar-refractivity contribution is 0.0260. The molecule has 264 valence electrons. The third kappa shape index (κ3) is 5.86. The first kappa shape index (κ1) is 33.5. The zero-order valence-corrected chi connectivity index (χ0v) is 30.6. The molecule has 5 heterocycles. The average Bonchev–Trinajstić information content (AvgIpc) is 4.00. The van der Waals surface area contributed by atoms with Crippen molar-refractivity contribution < 1.29 is 10.2 Å². The molecule has 7 aromatic rings. The fourth-order valence-corrected chi connectivity index (χ4v) is 7.63. The Kier molecular flexibility index (Phi) is 8.22. The van der Waals surface area contributed by atoms with Gasteiger partial charge in [0, 0.05) is 44.3 Å². The molecule has 9 rings (SSSR count). The molecular weight excluding hydrogens is 665 g/mol. The lowest BCUT2D eigenvalue weighted by Crippen LogP contribution is -2.05. The van der Waals surface area contributed by atoms with Crippen LogP contribution in [0.1, 0.15) is 57.2 Å². The Bertz CT molecular complexity index is 2570. The number of rotatable bonds is 4. The minimum atomic E-state index is -1.28. The molecule has 0 saturated carbocycles. The van der Waals surface area contributed by atoms with Gasteiger partial charge in [-0.25, -0.2) is 4.98 Å². The summed E-state index contributed by atoms with van der Waals surface area (Å²) in [6.07, 6.45) is 1.64. The number of aryl methyl sites for hydroxylation is 4. The van der Waals surface area contributed by atoms with E-state index < -0.39 is 12.2 Å². The Morgan fingerprint density at radius 3 is 0.963 bits per heavy atom. The maximum Gasteiger partial charge on any atom is 0.128 e. The van der Waals surface area contributed by atoms with Crippen molar-refractivity contribution in [3.8, 4) is 44.5 Å². The number of aliphatic hydroxyl groups is 2. The average molecular weight is 705 g/mol. The second-order valence-corrected chi connectivity index (χ2v) is 14.5. The van der Waals surface area contributed by atoms with Crippen LogP contribution in [-0.4, -0.2) is 30.1 Å². The van der Waals surface area contributed by atoms with Crippen LogP contribution >= 0.6 is 0 Å². The first-order valence-electron chi connectivity index (χ1n) is 18.3. The van der Waals surface area contributed by atoms with Gasteiger partial charge in [-0.1, -0.05) is 119 Å². The molecule has 2 atom stereocenters. The van der Waals surface area contributed by atoms with Crippen molar-refractivity contribution in [1.29, 1.82) is 0 Å². The van der Waals surface area contributed by atoms with Crippen LogP contribution in [0.2, 0.25) is 0 Å². The number of aromatic nitrogens is 4. The highest BCUT2D eigenvalue weighted by Crippen LogP contribution is 2.44.